The molecule has 5 aliphatic carbocycles. The number of alkyl carbamates (subject to hydrolysis) is 1. The smallest absolute Gasteiger partial charge is 0.407 e. The molecule has 3 N–H and O–H groups in total. The van der Waals surface area contributed by atoms with Crippen molar-refractivity contribution in [3.63, 3.8) is 0 Å². The molecule has 1 aliphatic heterocycles. The predicted molar refractivity (Wildman–Crippen MR) is 146 cm³/mol. The molecule has 0 aromatic rings. The number of amides is 1. The van der Waals surface area contributed by atoms with Gasteiger partial charge in [0.2, 0.25) is 0 Å². The van der Waals surface area contributed by atoms with Crippen molar-refractivity contribution in [2.45, 2.75) is 130 Å². The molecule has 38 heavy (non-hydrogen) atoms. The second-order valence-electron chi connectivity index (χ2n) is 15.9. The highest BCUT2D eigenvalue weighted by Crippen LogP contribution is 2.89. The largest absolute Gasteiger partial charge is 0.443 e. The zero-order valence-electron chi connectivity index (χ0n) is 25.0. The van der Waals surface area contributed by atoms with Crippen molar-refractivity contribution in [3.8, 4) is 0 Å². The van der Waals surface area contributed by atoms with Gasteiger partial charge in [-0.05, 0) is 103 Å². The van der Waals surface area contributed by atoms with Crippen molar-refractivity contribution in [2.24, 2.45) is 56.7 Å². The Morgan fingerprint density at radius 2 is 1.66 bits per heavy atom. The van der Waals surface area contributed by atoms with Gasteiger partial charge in [-0.1, -0.05) is 48.5 Å². The van der Waals surface area contributed by atoms with Crippen LogP contribution in [0.15, 0.2) is 0 Å². The van der Waals surface area contributed by atoms with E-state index in [1.54, 1.807) is 7.05 Å². The lowest BCUT2D eigenvalue weighted by atomic mass is 9.41. The molecule has 5 saturated carbocycles. The van der Waals surface area contributed by atoms with E-state index in [9.17, 15) is 15.0 Å². The van der Waals surface area contributed by atoms with Gasteiger partial charge in [0.25, 0.3) is 0 Å². The fraction of sp³-hybridized carbons (Fsp3) is 0.969. The first kappa shape index (κ1) is 27.3. The fourth-order valence-electron chi connectivity index (χ4n) is 12.4. The molecule has 216 valence electrons. The number of nitrogens with one attached hydrogen (secondary N) is 1. The van der Waals surface area contributed by atoms with Crippen LogP contribution in [0.2, 0.25) is 0 Å². The Labute approximate surface area is 230 Å². The van der Waals surface area contributed by atoms with Crippen molar-refractivity contribution in [1.82, 2.24) is 5.32 Å². The van der Waals surface area contributed by atoms with Crippen molar-refractivity contribution in [2.75, 3.05) is 7.05 Å². The normalized spacial score (nSPS) is 55.0. The highest BCUT2D eigenvalue weighted by atomic mass is 16.6. The molecule has 6 fully saturated rings. The van der Waals surface area contributed by atoms with Crippen LogP contribution in [0.5, 0.6) is 0 Å². The number of hydrogen-bond acceptors (Lipinski definition) is 5. The summed E-state index contributed by atoms with van der Waals surface area (Å²) in [4.78, 5) is 12.2. The molecule has 6 nitrogen and oxygen atoms in total. The maximum absolute atomic E-state index is 12.4. The third kappa shape index (κ3) is 3.09. The summed E-state index contributed by atoms with van der Waals surface area (Å²) in [6, 6.07) is 0. The minimum atomic E-state index is -0.519. The molecule has 0 aromatic heterocycles. The number of carbonyl (C=O) groups is 1. The number of rotatable bonds is 3. The van der Waals surface area contributed by atoms with Gasteiger partial charge in [0, 0.05) is 12.5 Å². The van der Waals surface area contributed by atoms with Crippen molar-refractivity contribution in [1.29, 1.82) is 0 Å². The molecule has 6 aliphatic rings. The van der Waals surface area contributed by atoms with Crippen LogP contribution < -0.4 is 5.32 Å². The molecule has 0 bridgehead atoms. The lowest BCUT2D eigenvalue weighted by Crippen LogP contribution is -2.59. The third-order valence-electron chi connectivity index (χ3n) is 14.3. The number of carbonyl (C=O) groups excluding carboxylic acids is 1. The Bertz CT molecular complexity index is 983. The van der Waals surface area contributed by atoms with Crippen LogP contribution in [-0.4, -0.2) is 53.9 Å². The summed E-state index contributed by atoms with van der Waals surface area (Å²) in [5.74, 6) is 1.90. The first-order valence-corrected chi connectivity index (χ1v) is 15.6. The van der Waals surface area contributed by atoms with Crippen LogP contribution in [-0.2, 0) is 9.47 Å². The first-order chi connectivity index (χ1) is 17.7. The Hall–Kier alpha value is -0.850. The second kappa shape index (κ2) is 8.35. The van der Waals surface area contributed by atoms with Gasteiger partial charge in [0.05, 0.1) is 24.4 Å². The summed E-state index contributed by atoms with van der Waals surface area (Å²) >= 11 is 0. The molecule has 0 aromatic carbocycles. The minimum Gasteiger partial charge on any atom is -0.443 e. The average Bonchev–Trinajstić information content (AvgIpc) is 3.49. The molecule has 0 radical (unpaired) electrons. The molecule has 1 heterocycles. The SMILES string of the molecule is CNC(=O)O[C@H](C(C)C)[C@H]1C[C@@H](C)[C@H]2[C@H](O1)[C@H](O)[C@@]1(C)[C@@H]3CC[C@H]4C(C)(C)[C@@H](O)CCC45C[C@@]35CC[C@]21C. The highest BCUT2D eigenvalue weighted by Gasteiger charge is 2.84. The molecular formula is C32H53NO5. The Morgan fingerprint density at radius 1 is 1.00 bits per heavy atom. The van der Waals surface area contributed by atoms with Gasteiger partial charge in [0.15, 0.2) is 0 Å². The van der Waals surface area contributed by atoms with Gasteiger partial charge in [-0.25, -0.2) is 4.79 Å². The van der Waals surface area contributed by atoms with E-state index in [1.165, 1.54) is 19.3 Å². The molecule has 2 spiro atoms. The summed E-state index contributed by atoms with van der Waals surface area (Å²) < 4.78 is 12.7. The molecule has 1 amide bonds. The van der Waals surface area contributed by atoms with Crippen molar-refractivity contribution >= 4 is 6.09 Å². The Morgan fingerprint density at radius 3 is 2.32 bits per heavy atom. The van der Waals surface area contributed by atoms with Crippen LogP contribution in [0.4, 0.5) is 4.79 Å². The highest BCUT2D eigenvalue weighted by molar-refractivity contribution is 5.66. The second-order valence-corrected chi connectivity index (χ2v) is 15.9. The van der Waals surface area contributed by atoms with Crippen LogP contribution in [0.3, 0.4) is 0 Å². The maximum atomic E-state index is 12.4. The van der Waals surface area contributed by atoms with Gasteiger partial charge in [-0.2, -0.15) is 0 Å². The monoisotopic (exact) mass is 531 g/mol. The number of aliphatic hydroxyl groups is 2. The summed E-state index contributed by atoms with van der Waals surface area (Å²) in [5, 5.41) is 25.9. The summed E-state index contributed by atoms with van der Waals surface area (Å²) in [6.07, 6.45) is 7.03. The van der Waals surface area contributed by atoms with Crippen LogP contribution in [0.25, 0.3) is 0 Å². The summed E-state index contributed by atoms with van der Waals surface area (Å²) in [6.45, 7) is 16.0. The van der Waals surface area contributed by atoms with E-state index in [2.05, 4.69) is 53.8 Å². The van der Waals surface area contributed by atoms with E-state index in [1.807, 2.05) is 0 Å². The number of hydrogen-bond donors (Lipinski definition) is 3. The van der Waals surface area contributed by atoms with Crippen molar-refractivity contribution in [3.05, 3.63) is 0 Å². The number of fused-ring (bicyclic) bond motifs is 4. The zero-order chi connectivity index (χ0) is 27.6. The lowest BCUT2D eigenvalue weighted by Gasteiger charge is -2.63. The fourth-order valence-corrected chi connectivity index (χ4v) is 12.4. The Kier molecular flexibility index (Phi) is 6.00. The topological polar surface area (TPSA) is 88.0 Å². The van der Waals surface area contributed by atoms with E-state index in [0.29, 0.717) is 34.5 Å². The number of ether oxygens (including phenoxy) is 2. The molecule has 6 rings (SSSR count). The van der Waals surface area contributed by atoms with Crippen LogP contribution in [0.1, 0.15) is 99.8 Å². The average molecular weight is 532 g/mol. The van der Waals surface area contributed by atoms with E-state index in [0.717, 1.165) is 32.1 Å². The lowest BCUT2D eigenvalue weighted by molar-refractivity contribution is -0.184. The quantitative estimate of drug-likeness (QED) is 0.445. The molecule has 1 unspecified atom stereocenters. The molecule has 1 saturated heterocycles. The van der Waals surface area contributed by atoms with Crippen LogP contribution >= 0.6 is 0 Å². The third-order valence-corrected chi connectivity index (χ3v) is 14.3. The van der Waals surface area contributed by atoms with E-state index < -0.39 is 12.2 Å². The van der Waals surface area contributed by atoms with E-state index in [-0.39, 0.29) is 46.6 Å². The molecule has 6 heteroatoms. The Balaban J connectivity index is 1.33. The zero-order valence-corrected chi connectivity index (χ0v) is 25.0. The predicted octanol–water partition coefficient (Wildman–Crippen LogP) is 5.54. The van der Waals surface area contributed by atoms with Gasteiger partial charge >= 0.3 is 6.09 Å². The van der Waals surface area contributed by atoms with Gasteiger partial charge in [-0.15, -0.1) is 0 Å². The molecular weight excluding hydrogens is 478 g/mol. The van der Waals surface area contributed by atoms with Gasteiger partial charge in [0.1, 0.15) is 6.10 Å². The first-order valence-electron chi connectivity index (χ1n) is 15.6. The number of aliphatic hydroxyl groups excluding tert-OH is 2. The van der Waals surface area contributed by atoms with E-state index in [4.69, 9.17) is 9.47 Å². The van der Waals surface area contributed by atoms with Crippen LogP contribution in [0, 0.1) is 56.7 Å². The standard InChI is InChI=1S/C32H53NO5/c1-17(2)24(38-27(36)33-8)19-15-18(3)23-25(37-19)26(35)30(7)21-10-9-20-28(4,5)22(34)11-12-31(20)16-32(21,31)14-13-29(23,30)6/h17-26,34-35H,9-16H2,1-8H3,(H,33,36)/t18-,19-,20+,21+,22+,23+,24-,25+,26+,29-,30-,31?,32+/m1/s1. The summed E-state index contributed by atoms with van der Waals surface area (Å²) in [5.41, 5.74) is 0.440. The van der Waals surface area contributed by atoms with Gasteiger partial charge in [-0.3, -0.25) is 0 Å². The summed E-state index contributed by atoms with van der Waals surface area (Å²) in [7, 11) is 1.59. The van der Waals surface area contributed by atoms with Crippen molar-refractivity contribution < 1.29 is 24.5 Å². The van der Waals surface area contributed by atoms with E-state index >= 15 is 0 Å². The minimum absolute atomic E-state index is 0.0205. The molecule has 13 atom stereocenters. The van der Waals surface area contributed by atoms with Gasteiger partial charge < -0.3 is 25.0 Å². The maximum Gasteiger partial charge on any atom is 0.407 e.